The van der Waals surface area contributed by atoms with Crippen LogP contribution in [-0.2, 0) is 11.0 Å². The Morgan fingerprint density at radius 3 is 2.00 bits per heavy atom. The van der Waals surface area contributed by atoms with E-state index in [1.54, 1.807) is 6.20 Å². The van der Waals surface area contributed by atoms with Gasteiger partial charge >= 0.3 is 0 Å². The Bertz CT molecular complexity index is 1150. The number of benzene rings is 3. The van der Waals surface area contributed by atoms with Gasteiger partial charge in [0.2, 0.25) is 0 Å². The first-order valence-electron chi connectivity index (χ1n) is 10.4. The number of nitrogens with two attached hydrogens (primary N) is 1. The van der Waals surface area contributed by atoms with Crippen LogP contribution in [0.5, 0.6) is 0 Å². The summed E-state index contributed by atoms with van der Waals surface area (Å²) in [5.41, 5.74) is 8.30. The molecule has 3 aromatic carbocycles. The Hall–Kier alpha value is -2.66. The SMILES string of the molecule is CC(C)(C)[Si](OCc1cnc2c(N)cccc2c1Cl)(c1ccccc1)c1ccccc1. The summed E-state index contributed by atoms with van der Waals surface area (Å²) in [6.07, 6.45) is 1.79. The number of nitrogen functional groups attached to an aromatic ring is 1. The van der Waals surface area contributed by atoms with Crippen molar-refractivity contribution in [2.45, 2.75) is 32.4 Å². The highest BCUT2D eigenvalue weighted by molar-refractivity contribution is 6.99. The summed E-state index contributed by atoms with van der Waals surface area (Å²) in [7, 11) is -2.64. The first-order chi connectivity index (χ1) is 14.8. The Labute approximate surface area is 190 Å². The first kappa shape index (κ1) is 21.6. The number of halogens is 1. The molecule has 3 nitrogen and oxygen atoms in total. The molecule has 4 rings (SSSR count). The molecule has 158 valence electrons. The molecule has 0 radical (unpaired) electrons. The van der Waals surface area contributed by atoms with E-state index in [2.05, 4.69) is 74.3 Å². The highest BCUT2D eigenvalue weighted by Crippen LogP contribution is 2.38. The molecule has 5 heteroatoms. The van der Waals surface area contributed by atoms with E-state index in [1.807, 2.05) is 30.3 Å². The zero-order chi connectivity index (χ0) is 22.1. The van der Waals surface area contributed by atoms with Crippen molar-refractivity contribution in [1.82, 2.24) is 4.98 Å². The highest BCUT2D eigenvalue weighted by Gasteiger charge is 2.50. The van der Waals surface area contributed by atoms with E-state index in [4.69, 9.17) is 21.8 Å². The van der Waals surface area contributed by atoms with Crippen LogP contribution in [0.15, 0.2) is 85.1 Å². The molecule has 0 spiro atoms. The molecule has 1 aromatic heterocycles. The van der Waals surface area contributed by atoms with E-state index in [-0.39, 0.29) is 5.04 Å². The standard InChI is InChI=1S/C26H27ClN2OSi/c1-26(2,3)31(20-11-6-4-7-12-20,21-13-8-5-9-14-21)30-18-19-17-29-25-22(24(19)27)15-10-16-23(25)28/h4-17H,18,28H2,1-3H3. The smallest absolute Gasteiger partial charge is 0.261 e. The van der Waals surface area contributed by atoms with Gasteiger partial charge in [-0.05, 0) is 21.5 Å². The number of para-hydroxylation sites is 1. The Kier molecular flexibility index (Phi) is 5.89. The van der Waals surface area contributed by atoms with Crippen LogP contribution in [0.2, 0.25) is 10.1 Å². The average Bonchev–Trinajstić information content (AvgIpc) is 2.76. The van der Waals surface area contributed by atoms with E-state index in [0.29, 0.717) is 17.3 Å². The summed E-state index contributed by atoms with van der Waals surface area (Å²) in [5.74, 6) is 0. The maximum atomic E-state index is 7.00. The summed E-state index contributed by atoms with van der Waals surface area (Å²) < 4.78 is 7.00. The van der Waals surface area contributed by atoms with Gasteiger partial charge in [-0.1, -0.05) is 105 Å². The number of nitrogens with zero attached hydrogens (tertiary/aromatic N) is 1. The molecule has 1 heterocycles. The molecule has 0 aliphatic rings. The third kappa shape index (κ3) is 3.87. The first-order valence-corrected chi connectivity index (χ1v) is 12.7. The second kappa shape index (κ2) is 8.46. The van der Waals surface area contributed by atoms with Gasteiger partial charge in [0, 0.05) is 17.1 Å². The molecule has 4 aromatic rings. The van der Waals surface area contributed by atoms with E-state index in [0.717, 1.165) is 16.5 Å². The molecule has 2 N–H and O–H groups in total. The van der Waals surface area contributed by atoms with Crippen molar-refractivity contribution in [3.63, 3.8) is 0 Å². The van der Waals surface area contributed by atoms with Gasteiger partial charge in [0.15, 0.2) is 0 Å². The zero-order valence-electron chi connectivity index (χ0n) is 18.1. The number of rotatable bonds is 5. The lowest BCUT2D eigenvalue weighted by Gasteiger charge is -2.43. The molecule has 0 unspecified atom stereocenters. The van der Waals surface area contributed by atoms with Gasteiger partial charge in [0.05, 0.1) is 22.8 Å². The largest absolute Gasteiger partial charge is 0.403 e. The van der Waals surface area contributed by atoms with Crippen LogP contribution in [0.25, 0.3) is 10.9 Å². The van der Waals surface area contributed by atoms with Crippen molar-refractivity contribution in [3.8, 4) is 0 Å². The number of hydrogen-bond donors (Lipinski definition) is 1. The lowest BCUT2D eigenvalue weighted by Crippen LogP contribution is -2.66. The van der Waals surface area contributed by atoms with Crippen LogP contribution in [-0.4, -0.2) is 13.3 Å². The highest BCUT2D eigenvalue weighted by atomic mass is 35.5. The Morgan fingerprint density at radius 1 is 0.871 bits per heavy atom. The van der Waals surface area contributed by atoms with Crippen molar-refractivity contribution in [2.75, 3.05) is 5.73 Å². The molecule has 0 amide bonds. The normalized spacial score (nSPS) is 12.3. The van der Waals surface area contributed by atoms with E-state index >= 15 is 0 Å². The maximum absolute atomic E-state index is 7.00. The van der Waals surface area contributed by atoms with Gasteiger partial charge in [-0.3, -0.25) is 4.98 Å². The van der Waals surface area contributed by atoms with Crippen LogP contribution < -0.4 is 16.1 Å². The van der Waals surface area contributed by atoms with Crippen LogP contribution in [0.3, 0.4) is 0 Å². The molecular formula is C26H27ClN2OSi. The molecule has 0 aliphatic carbocycles. The van der Waals surface area contributed by atoms with Gasteiger partial charge in [0.25, 0.3) is 8.32 Å². The van der Waals surface area contributed by atoms with Crippen LogP contribution in [0, 0.1) is 0 Å². The summed E-state index contributed by atoms with van der Waals surface area (Å²) in [6.45, 7) is 7.17. The fourth-order valence-electron chi connectivity index (χ4n) is 4.30. The molecule has 0 bridgehead atoms. The van der Waals surface area contributed by atoms with Gasteiger partial charge in [-0.2, -0.15) is 0 Å². The quantitative estimate of drug-likeness (QED) is 0.323. The fourth-order valence-corrected chi connectivity index (χ4v) is 9.09. The van der Waals surface area contributed by atoms with Gasteiger partial charge in [0.1, 0.15) is 0 Å². The molecule has 0 fully saturated rings. The van der Waals surface area contributed by atoms with E-state index in [1.165, 1.54) is 10.4 Å². The minimum Gasteiger partial charge on any atom is -0.403 e. The van der Waals surface area contributed by atoms with Crippen molar-refractivity contribution < 1.29 is 4.43 Å². The Morgan fingerprint density at radius 2 is 1.45 bits per heavy atom. The number of aromatic nitrogens is 1. The molecule has 0 aliphatic heterocycles. The van der Waals surface area contributed by atoms with Gasteiger partial charge in [-0.25, -0.2) is 0 Å². The van der Waals surface area contributed by atoms with E-state index < -0.39 is 8.32 Å². The minimum atomic E-state index is -2.64. The number of fused-ring (bicyclic) bond motifs is 1. The summed E-state index contributed by atoms with van der Waals surface area (Å²) >= 11 is 6.79. The average molecular weight is 447 g/mol. The zero-order valence-corrected chi connectivity index (χ0v) is 19.9. The maximum Gasteiger partial charge on any atom is 0.261 e. The van der Waals surface area contributed by atoms with Crippen molar-refractivity contribution in [1.29, 1.82) is 0 Å². The Balaban J connectivity index is 1.83. The molecule has 0 atom stereocenters. The van der Waals surface area contributed by atoms with Crippen LogP contribution in [0.1, 0.15) is 26.3 Å². The molecule has 0 saturated carbocycles. The topological polar surface area (TPSA) is 48.1 Å². The predicted octanol–water partition coefficient (Wildman–Crippen LogP) is 5.55. The number of hydrogen-bond acceptors (Lipinski definition) is 3. The van der Waals surface area contributed by atoms with Gasteiger partial charge < -0.3 is 10.2 Å². The van der Waals surface area contributed by atoms with Crippen molar-refractivity contribution in [3.05, 3.63) is 95.6 Å². The summed E-state index contributed by atoms with van der Waals surface area (Å²) in [6, 6.07) is 26.9. The predicted molar refractivity (Wildman–Crippen MR) is 134 cm³/mol. The van der Waals surface area contributed by atoms with Crippen molar-refractivity contribution >= 4 is 46.9 Å². The van der Waals surface area contributed by atoms with Gasteiger partial charge in [-0.15, -0.1) is 0 Å². The third-order valence-electron chi connectivity index (χ3n) is 5.80. The van der Waals surface area contributed by atoms with Crippen molar-refractivity contribution in [2.24, 2.45) is 0 Å². The monoisotopic (exact) mass is 446 g/mol. The second-order valence-corrected chi connectivity index (χ2v) is 13.5. The fraction of sp³-hybridized carbons (Fsp3) is 0.192. The number of pyridine rings is 1. The summed E-state index contributed by atoms with van der Waals surface area (Å²) in [4.78, 5) is 4.58. The van der Waals surface area contributed by atoms with Crippen LogP contribution in [0.4, 0.5) is 5.69 Å². The molecular weight excluding hydrogens is 420 g/mol. The minimum absolute atomic E-state index is 0.100. The number of anilines is 1. The lowest BCUT2D eigenvalue weighted by molar-refractivity contribution is 0.286. The van der Waals surface area contributed by atoms with E-state index in [9.17, 15) is 0 Å². The molecule has 0 saturated heterocycles. The lowest BCUT2D eigenvalue weighted by atomic mass is 10.1. The third-order valence-corrected chi connectivity index (χ3v) is 11.2. The summed E-state index contributed by atoms with van der Waals surface area (Å²) in [5, 5.41) is 3.88. The van der Waals surface area contributed by atoms with Crippen LogP contribution >= 0.6 is 11.6 Å². The second-order valence-electron chi connectivity index (χ2n) is 8.79. The molecule has 31 heavy (non-hydrogen) atoms.